The Kier molecular flexibility index (Phi) is 4.24. The third-order valence-electron chi connectivity index (χ3n) is 5.09. The molecule has 134 valence electrons. The number of benzene rings is 1. The van der Waals surface area contributed by atoms with Crippen molar-refractivity contribution in [1.29, 1.82) is 0 Å². The second-order valence-electron chi connectivity index (χ2n) is 7.13. The summed E-state index contributed by atoms with van der Waals surface area (Å²) in [5.41, 5.74) is 6.69. The first kappa shape index (κ1) is 16.8. The van der Waals surface area contributed by atoms with Crippen LogP contribution in [-0.2, 0) is 6.54 Å². The topological polar surface area (TPSA) is 54.2 Å². The maximum Gasteiger partial charge on any atom is 0.0761 e. The van der Waals surface area contributed by atoms with Crippen LogP contribution in [0.1, 0.15) is 42.9 Å². The van der Waals surface area contributed by atoms with Gasteiger partial charge in [0, 0.05) is 29.7 Å². The van der Waals surface area contributed by atoms with Crippen molar-refractivity contribution in [3.8, 4) is 11.1 Å². The van der Waals surface area contributed by atoms with Gasteiger partial charge in [0.25, 0.3) is 0 Å². The molecule has 1 aliphatic heterocycles. The van der Waals surface area contributed by atoms with Crippen LogP contribution < -0.4 is 4.90 Å². The Labute approximate surface area is 153 Å². The highest BCUT2D eigenvalue weighted by atomic mass is 16.3. The molecule has 0 aliphatic carbocycles. The minimum Gasteiger partial charge on any atom is -0.389 e. The molecular formula is C21H24N4O. The summed E-state index contributed by atoms with van der Waals surface area (Å²) in [7, 11) is 0. The molecule has 3 aromatic rings. The van der Waals surface area contributed by atoms with Gasteiger partial charge in [0.15, 0.2) is 0 Å². The molecule has 4 rings (SSSR count). The van der Waals surface area contributed by atoms with Crippen molar-refractivity contribution >= 4 is 5.69 Å². The van der Waals surface area contributed by atoms with Crippen molar-refractivity contribution in [3.63, 3.8) is 0 Å². The second kappa shape index (κ2) is 6.57. The molecule has 0 saturated heterocycles. The monoisotopic (exact) mass is 348 g/mol. The maximum atomic E-state index is 9.72. The van der Waals surface area contributed by atoms with Gasteiger partial charge in [-0.2, -0.15) is 5.10 Å². The Balaban J connectivity index is 1.68. The molecule has 0 bridgehead atoms. The highest BCUT2D eigenvalue weighted by Gasteiger charge is 2.26. The molecule has 3 heterocycles. The van der Waals surface area contributed by atoms with Crippen LogP contribution in [0.3, 0.4) is 0 Å². The Bertz CT molecular complexity index is 914. The molecule has 1 N–H and O–H groups in total. The van der Waals surface area contributed by atoms with Crippen LogP contribution in [0, 0.1) is 6.92 Å². The van der Waals surface area contributed by atoms with E-state index in [4.69, 9.17) is 0 Å². The summed E-state index contributed by atoms with van der Waals surface area (Å²) in [5.74, 6) is 0. The third kappa shape index (κ3) is 2.99. The molecule has 26 heavy (non-hydrogen) atoms. The minimum atomic E-state index is -0.438. The van der Waals surface area contributed by atoms with Crippen LogP contribution in [0.15, 0.2) is 48.8 Å². The molecule has 0 saturated carbocycles. The Hall–Kier alpha value is -2.66. The SMILES string of the molecule is Cc1cc(-c2cnn3c2CN(c2ccc(C(C)O)cc2)CC3C)ccn1. The summed E-state index contributed by atoms with van der Waals surface area (Å²) in [6.45, 7) is 7.73. The number of pyridine rings is 1. The van der Waals surface area contributed by atoms with E-state index in [1.54, 1.807) is 6.92 Å². The van der Waals surface area contributed by atoms with Gasteiger partial charge in [-0.15, -0.1) is 0 Å². The van der Waals surface area contributed by atoms with E-state index >= 15 is 0 Å². The highest BCUT2D eigenvalue weighted by Crippen LogP contribution is 2.33. The first-order valence-electron chi connectivity index (χ1n) is 9.05. The molecule has 2 atom stereocenters. The fraction of sp³-hybridized carbons (Fsp3) is 0.333. The van der Waals surface area contributed by atoms with Crippen molar-refractivity contribution in [2.45, 2.75) is 39.5 Å². The lowest BCUT2D eigenvalue weighted by atomic mass is 10.0. The van der Waals surface area contributed by atoms with Crippen molar-refractivity contribution in [1.82, 2.24) is 14.8 Å². The lowest BCUT2D eigenvalue weighted by Gasteiger charge is -2.34. The van der Waals surface area contributed by atoms with Gasteiger partial charge in [-0.1, -0.05) is 12.1 Å². The van der Waals surface area contributed by atoms with Gasteiger partial charge in [-0.05, 0) is 56.2 Å². The molecular weight excluding hydrogens is 324 g/mol. The van der Waals surface area contributed by atoms with Crippen LogP contribution in [0.25, 0.3) is 11.1 Å². The normalized spacial score (nSPS) is 17.8. The van der Waals surface area contributed by atoms with Crippen molar-refractivity contribution in [2.24, 2.45) is 0 Å². The molecule has 0 radical (unpaired) electrons. The van der Waals surface area contributed by atoms with E-state index in [0.717, 1.165) is 29.9 Å². The second-order valence-corrected chi connectivity index (χ2v) is 7.13. The van der Waals surface area contributed by atoms with E-state index in [1.165, 1.54) is 16.9 Å². The molecule has 5 heteroatoms. The van der Waals surface area contributed by atoms with Gasteiger partial charge in [-0.25, -0.2) is 0 Å². The summed E-state index contributed by atoms with van der Waals surface area (Å²) < 4.78 is 2.14. The molecule has 5 nitrogen and oxygen atoms in total. The number of nitrogens with zero attached hydrogens (tertiary/aromatic N) is 4. The molecule has 1 aliphatic rings. The van der Waals surface area contributed by atoms with E-state index in [1.807, 2.05) is 37.5 Å². The molecule has 2 aromatic heterocycles. The molecule has 0 amide bonds. The first-order valence-corrected chi connectivity index (χ1v) is 9.05. The van der Waals surface area contributed by atoms with Gasteiger partial charge < -0.3 is 10.0 Å². The van der Waals surface area contributed by atoms with Crippen LogP contribution >= 0.6 is 0 Å². The number of hydrogen-bond acceptors (Lipinski definition) is 4. The van der Waals surface area contributed by atoms with E-state index in [2.05, 4.69) is 44.8 Å². The summed E-state index contributed by atoms with van der Waals surface area (Å²) in [5, 5.41) is 14.4. The van der Waals surface area contributed by atoms with Gasteiger partial charge in [-0.3, -0.25) is 9.67 Å². The Morgan fingerprint density at radius 3 is 2.65 bits per heavy atom. The van der Waals surface area contributed by atoms with E-state index in [9.17, 15) is 5.11 Å². The van der Waals surface area contributed by atoms with Crippen LogP contribution in [0.5, 0.6) is 0 Å². The van der Waals surface area contributed by atoms with Crippen molar-refractivity contribution in [2.75, 3.05) is 11.4 Å². The summed E-state index contributed by atoms with van der Waals surface area (Å²) in [6, 6.07) is 12.7. The highest BCUT2D eigenvalue weighted by molar-refractivity contribution is 5.66. The lowest BCUT2D eigenvalue weighted by molar-refractivity contribution is 0.199. The van der Waals surface area contributed by atoms with Crippen LogP contribution in [-0.4, -0.2) is 26.4 Å². The maximum absolute atomic E-state index is 9.72. The van der Waals surface area contributed by atoms with Crippen LogP contribution in [0.4, 0.5) is 5.69 Å². The summed E-state index contributed by atoms with van der Waals surface area (Å²) in [4.78, 5) is 6.68. The largest absolute Gasteiger partial charge is 0.389 e. The van der Waals surface area contributed by atoms with Gasteiger partial charge >= 0.3 is 0 Å². The predicted octanol–water partition coefficient (Wildman–Crippen LogP) is 3.89. The fourth-order valence-electron chi connectivity index (χ4n) is 3.68. The predicted molar refractivity (Wildman–Crippen MR) is 103 cm³/mol. The van der Waals surface area contributed by atoms with Crippen molar-refractivity contribution < 1.29 is 5.11 Å². The van der Waals surface area contributed by atoms with Gasteiger partial charge in [0.1, 0.15) is 0 Å². The number of aliphatic hydroxyl groups is 1. The fourth-order valence-corrected chi connectivity index (χ4v) is 3.68. The molecule has 0 spiro atoms. The average molecular weight is 348 g/mol. The number of aryl methyl sites for hydroxylation is 1. The molecule has 0 fully saturated rings. The van der Waals surface area contributed by atoms with Crippen molar-refractivity contribution in [3.05, 3.63) is 65.7 Å². The number of fused-ring (bicyclic) bond motifs is 1. The minimum absolute atomic E-state index is 0.298. The zero-order chi connectivity index (χ0) is 18.3. The summed E-state index contributed by atoms with van der Waals surface area (Å²) in [6.07, 6.45) is 3.39. The number of aliphatic hydroxyl groups excluding tert-OH is 1. The van der Waals surface area contributed by atoms with Gasteiger partial charge in [0.2, 0.25) is 0 Å². The molecule has 1 aromatic carbocycles. The average Bonchev–Trinajstić information content (AvgIpc) is 3.06. The zero-order valence-electron chi connectivity index (χ0n) is 15.4. The smallest absolute Gasteiger partial charge is 0.0761 e. The van der Waals surface area contributed by atoms with E-state index in [-0.39, 0.29) is 0 Å². The van der Waals surface area contributed by atoms with Crippen LogP contribution in [0.2, 0.25) is 0 Å². The number of rotatable bonds is 3. The Morgan fingerprint density at radius 2 is 1.96 bits per heavy atom. The first-order chi connectivity index (χ1) is 12.5. The zero-order valence-corrected chi connectivity index (χ0v) is 15.4. The third-order valence-corrected chi connectivity index (χ3v) is 5.09. The quantitative estimate of drug-likeness (QED) is 0.780. The standard InChI is InChI=1S/C21H24N4O/c1-14-10-18(8-9-22-14)20-11-23-25-15(2)12-24(13-21(20)25)19-6-4-17(5-7-19)16(3)26/h4-11,15-16,26H,12-13H2,1-3H3. The number of aromatic nitrogens is 3. The van der Waals surface area contributed by atoms with Gasteiger partial charge in [0.05, 0.1) is 30.6 Å². The number of anilines is 1. The van der Waals surface area contributed by atoms with E-state index in [0.29, 0.717) is 6.04 Å². The Morgan fingerprint density at radius 1 is 1.19 bits per heavy atom. The molecule has 2 unspecified atom stereocenters. The van der Waals surface area contributed by atoms with E-state index < -0.39 is 6.10 Å². The summed E-state index contributed by atoms with van der Waals surface area (Å²) >= 11 is 0. The lowest BCUT2D eigenvalue weighted by Crippen LogP contribution is -2.36. The number of hydrogen-bond donors (Lipinski definition) is 1.